The average Bonchev–Trinajstić information content (AvgIpc) is 2.28. The van der Waals surface area contributed by atoms with Gasteiger partial charge in [-0.15, -0.1) is 0 Å². The fraction of sp³-hybridized carbons (Fsp3) is 0.364. The Bertz CT molecular complexity index is 474. The van der Waals surface area contributed by atoms with E-state index in [0.717, 1.165) is 0 Å². The molecule has 0 aliphatic carbocycles. The van der Waals surface area contributed by atoms with Gasteiger partial charge in [-0.2, -0.15) is 0 Å². The smallest absolute Gasteiger partial charge is 0.251 e. The molecule has 16 heavy (non-hydrogen) atoms. The van der Waals surface area contributed by atoms with Crippen molar-refractivity contribution in [3.8, 4) is 0 Å². The van der Waals surface area contributed by atoms with Crippen LogP contribution in [0.4, 0.5) is 0 Å². The van der Waals surface area contributed by atoms with E-state index in [0.29, 0.717) is 5.56 Å². The Morgan fingerprint density at radius 1 is 1.19 bits per heavy atom. The number of hydrogen-bond acceptors (Lipinski definition) is 3. The van der Waals surface area contributed by atoms with Gasteiger partial charge in [0.1, 0.15) is 0 Å². The fourth-order valence-corrected chi connectivity index (χ4v) is 2.27. The molecule has 0 aliphatic heterocycles. The average molecular weight is 241 g/mol. The lowest BCUT2D eigenvalue weighted by molar-refractivity contribution is 0.0963. The highest BCUT2D eigenvalue weighted by Crippen LogP contribution is 2.16. The molecule has 0 bridgehead atoms. The highest BCUT2D eigenvalue weighted by Gasteiger charge is 2.19. The second kappa shape index (κ2) is 4.65. The van der Waals surface area contributed by atoms with E-state index in [1.54, 1.807) is 13.8 Å². The van der Waals surface area contributed by atoms with Crippen molar-refractivity contribution in [2.45, 2.75) is 24.0 Å². The molecule has 0 spiro atoms. The summed E-state index contributed by atoms with van der Waals surface area (Å²) in [6, 6.07) is 5.93. The Kier molecular flexibility index (Phi) is 3.70. The topological polar surface area (TPSA) is 63.2 Å². The maximum Gasteiger partial charge on any atom is 0.251 e. The molecular weight excluding hydrogens is 226 g/mol. The Morgan fingerprint density at radius 3 is 2.06 bits per heavy atom. The number of nitrogens with one attached hydrogen (secondary N) is 1. The highest BCUT2D eigenvalue weighted by molar-refractivity contribution is 7.92. The molecule has 1 N–H and O–H groups in total. The van der Waals surface area contributed by atoms with E-state index in [4.69, 9.17) is 0 Å². The molecule has 0 saturated carbocycles. The third-order valence-corrected chi connectivity index (χ3v) is 4.46. The van der Waals surface area contributed by atoms with Crippen LogP contribution in [0.25, 0.3) is 0 Å². The van der Waals surface area contributed by atoms with Crippen LogP contribution in [0.3, 0.4) is 0 Å². The van der Waals surface area contributed by atoms with Crippen molar-refractivity contribution in [3.05, 3.63) is 29.8 Å². The quantitative estimate of drug-likeness (QED) is 0.865. The van der Waals surface area contributed by atoms with Gasteiger partial charge in [-0.05, 0) is 38.1 Å². The third kappa shape index (κ3) is 2.41. The van der Waals surface area contributed by atoms with E-state index in [1.807, 2.05) is 0 Å². The normalized spacial score (nSPS) is 11.5. The number of benzene rings is 1. The van der Waals surface area contributed by atoms with Gasteiger partial charge in [-0.1, -0.05) is 0 Å². The largest absolute Gasteiger partial charge is 0.355 e. The number of carbonyl (C=O) groups excluding carboxylic acids is 1. The van der Waals surface area contributed by atoms with E-state index in [9.17, 15) is 13.2 Å². The molecule has 0 aromatic heterocycles. The molecule has 0 radical (unpaired) electrons. The third-order valence-electron chi connectivity index (χ3n) is 2.29. The molecule has 1 aromatic carbocycles. The lowest BCUT2D eigenvalue weighted by atomic mass is 10.2. The molecule has 0 atom stereocenters. The van der Waals surface area contributed by atoms with Crippen molar-refractivity contribution in [2.24, 2.45) is 0 Å². The first kappa shape index (κ1) is 12.7. The predicted octanol–water partition coefficient (Wildman–Crippen LogP) is 1.23. The molecule has 5 heteroatoms. The van der Waals surface area contributed by atoms with Crippen LogP contribution < -0.4 is 5.32 Å². The lowest BCUT2D eigenvalue weighted by Crippen LogP contribution is -2.18. The molecule has 0 aliphatic rings. The molecule has 1 aromatic rings. The van der Waals surface area contributed by atoms with Crippen molar-refractivity contribution in [2.75, 3.05) is 7.05 Å². The minimum absolute atomic E-state index is 0.228. The summed E-state index contributed by atoms with van der Waals surface area (Å²) < 4.78 is 23.6. The van der Waals surface area contributed by atoms with Crippen molar-refractivity contribution < 1.29 is 13.2 Å². The Balaban J connectivity index is 3.10. The fourth-order valence-electron chi connectivity index (χ4n) is 1.21. The first-order valence-electron chi connectivity index (χ1n) is 4.95. The molecule has 4 nitrogen and oxygen atoms in total. The van der Waals surface area contributed by atoms with Gasteiger partial charge in [-0.25, -0.2) is 8.42 Å². The van der Waals surface area contributed by atoms with Crippen LogP contribution >= 0.6 is 0 Å². The van der Waals surface area contributed by atoms with Crippen molar-refractivity contribution >= 4 is 15.7 Å². The van der Waals surface area contributed by atoms with E-state index in [1.165, 1.54) is 31.3 Å². The van der Waals surface area contributed by atoms with Gasteiger partial charge in [-0.3, -0.25) is 4.79 Å². The van der Waals surface area contributed by atoms with E-state index in [-0.39, 0.29) is 10.8 Å². The number of sulfone groups is 1. The molecule has 1 rings (SSSR count). The summed E-state index contributed by atoms with van der Waals surface area (Å²) in [5.41, 5.74) is 0.449. The van der Waals surface area contributed by atoms with Gasteiger partial charge >= 0.3 is 0 Å². The second-order valence-corrected chi connectivity index (χ2v) is 6.20. The summed E-state index contributed by atoms with van der Waals surface area (Å²) in [5.74, 6) is -0.228. The monoisotopic (exact) mass is 241 g/mol. The summed E-state index contributed by atoms with van der Waals surface area (Å²) in [7, 11) is -1.73. The van der Waals surface area contributed by atoms with Gasteiger partial charge in [0.2, 0.25) is 0 Å². The predicted molar refractivity (Wildman–Crippen MR) is 62.2 cm³/mol. The summed E-state index contributed by atoms with van der Waals surface area (Å²) >= 11 is 0. The van der Waals surface area contributed by atoms with Gasteiger partial charge in [0, 0.05) is 12.6 Å². The first-order chi connectivity index (χ1) is 7.39. The molecule has 1 amide bonds. The molecular formula is C11H15NO3S. The van der Waals surface area contributed by atoms with E-state index < -0.39 is 15.1 Å². The van der Waals surface area contributed by atoms with Crippen LogP contribution in [0, 0.1) is 0 Å². The Labute approximate surface area is 95.6 Å². The van der Waals surface area contributed by atoms with Crippen LogP contribution in [0.15, 0.2) is 29.2 Å². The maximum atomic E-state index is 11.8. The standard InChI is InChI=1S/C11H15NO3S/c1-8(2)16(14,15)10-6-4-9(5-7-10)11(13)12-3/h4-8H,1-3H3,(H,12,13). The van der Waals surface area contributed by atoms with Gasteiger partial charge in [0.05, 0.1) is 10.1 Å². The van der Waals surface area contributed by atoms with Crippen LogP contribution in [-0.4, -0.2) is 26.6 Å². The summed E-state index contributed by atoms with van der Waals surface area (Å²) in [4.78, 5) is 11.5. The van der Waals surface area contributed by atoms with Crippen LogP contribution in [0.2, 0.25) is 0 Å². The minimum atomic E-state index is -3.26. The Morgan fingerprint density at radius 2 is 1.69 bits per heavy atom. The summed E-state index contributed by atoms with van der Waals surface area (Å²) in [5, 5.41) is 2.01. The maximum absolute atomic E-state index is 11.8. The number of rotatable bonds is 3. The first-order valence-corrected chi connectivity index (χ1v) is 6.50. The van der Waals surface area contributed by atoms with Crippen LogP contribution in [0.5, 0.6) is 0 Å². The summed E-state index contributed by atoms with van der Waals surface area (Å²) in [6.07, 6.45) is 0. The Hall–Kier alpha value is -1.36. The lowest BCUT2D eigenvalue weighted by Gasteiger charge is -2.08. The van der Waals surface area contributed by atoms with Gasteiger partial charge in [0.15, 0.2) is 9.84 Å². The zero-order valence-electron chi connectivity index (χ0n) is 9.52. The van der Waals surface area contributed by atoms with Crippen molar-refractivity contribution in [3.63, 3.8) is 0 Å². The molecule has 88 valence electrons. The molecule has 0 fully saturated rings. The minimum Gasteiger partial charge on any atom is -0.355 e. The summed E-state index contributed by atoms with van der Waals surface area (Å²) in [6.45, 7) is 3.25. The second-order valence-electron chi connectivity index (χ2n) is 3.70. The van der Waals surface area contributed by atoms with Crippen molar-refractivity contribution in [1.82, 2.24) is 5.32 Å². The molecule has 0 heterocycles. The van der Waals surface area contributed by atoms with Gasteiger partial charge in [0.25, 0.3) is 5.91 Å². The van der Waals surface area contributed by atoms with Crippen LogP contribution in [0.1, 0.15) is 24.2 Å². The SMILES string of the molecule is CNC(=O)c1ccc(S(=O)(=O)C(C)C)cc1. The number of amides is 1. The number of carbonyl (C=O) groups is 1. The van der Waals surface area contributed by atoms with Crippen molar-refractivity contribution in [1.29, 1.82) is 0 Å². The van der Waals surface area contributed by atoms with E-state index in [2.05, 4.69) is 5.32 Å². The van der Waals surface area contributed by atoms with E-state index >= 15 is 0 Å². The molecule has 0 saturated heterocycles. The highest BCUT2D eigenvalue weighted by atomic mass is 32.2. The van der Waals surface area contributed by atoms with Gasteiger partial charge < -0.3 is 5.32 Å². The zero-order valence-corrected chi connectivity index (χ0v) is 10.3. The van der Waals surface area contributed by atoms with Crippen LogP contribution in [-0.2, 0) is 9.84 Å². The zero-order chi connectivity index (χ0) is 12.3. The number of hydrogen-bond donors (Lipinski definition) is 1. The molecule has 0 unspecified atom stereocenters.